The minimum absolute atomic E-state index is 0.0567. The molecule has 0 unspecified atom stereocenters. The molecule has 0 spiro atoms. The Labute approximate surface area is 118 Å². The largest absolute Gasteiger partial charge is 0.492 e. The topological polar surface area (TPSA) is 67.0 Å². The Morgan fingerprint density at radius 3 is 2.81 bits per heavy atom. The van der Waals surface area contributed by atoms with Crippen LogP contribution in [0.5, 0.6) is 5.75 Å². The third-order valence-corrected chi connectivity index (χ3v) is 2.56. The first-order chi connectivity index (χ1) is 9.97. The van der Waals surface area contributed by atoms with E-state index in [1.165, 1.54) is 24.4 Å². The van der Waals surface area contributed by atoms with Crippen molar-refractivity contribution in [1.29, 1.82) is 0 Å². The van der Waals surface area contributed by atoms with Gasteiger partial charge in [0.2, 0.25) is 0 Å². The zero-order valence-electron chi connectivity index (χ0n) is 10.8. The molecule has 0 fully saturated rings. The van der Waals surface area contributed by atoms with E-state index in [2.05, 4.69) is 15.5 Å². The number of hydrogen-bond donors (Lipinski definition) is 2. The summed E-state index contributed by atoms with van der Waals surface area (Å²) in [6, 6.07) is 6.07. The van der Waals surface area contributed by atoms with Gasteiger partial charge in [0.15, 0.2) is 0 Å². The summed E-state index contributed by atoms with van der Waals surface area (Å²) in [5.41, 5.74) is -0.476. The molecule has 2 N–H and O–H groups in total. The Balaban J connectivity index is 1.80. The highest BCUT2D eigenvalue weighted by Gasteiger charge is 2.30. The lowest BCUT2D eigenvalue weighted by atomic mass is 10.2. The summed E-state index contributed by atoms with van der Waals surface area (Å²) in [4.78, 5) is 11.5. The van der Waals surface area contributed by atoms with E-state index < -0.39 is 11.7 Å². The summed E-state index contributed by atoms with van der Waals surface area (Å²) in [5, 5.41) is 8.66. The van der Waals surface area contributed by atoms with E-state index in [4.69, 9.17) is 4.74 Å². The predicted molar refractivity (Wildman–Crippen MR) is 67.9 cm³/mol. The molecule has 1 amide bonds. The second-order valence-electron chi connectivity index (χ2n) is 4.10. The van der Waals surface area contributed by atoms with Crippen LogP contribution >= 0.6 is 0 Å². The van der Waals surface area contributed by atoms with Gasteiger partial charge in [-0.15, -0.1) is 0 Å². The normalized spacial score (nSPS) is 11.2. The third-order valence-electron chi connectivity index (χ3n) is 2.56. The Morgan fingerprint density at radius 2 is 2.14 bits per heavy atom. The van der Waals surface area contributed by atoms with E-state index in [0.29, 0.717) is 5.69 Å². The highest BCUT2D eigenvalue weighted by Crippen LogP contribution is 2.31. The summed E-state index contributed by atoms with van der Waals surface area (Å²) in [5.74, 6) is -0.263. The average Bonchev–Trinajstić information content (AvgIpc) is 2.97. The van der Waals surface area contributed by atoms with Crippen molar-refractivity contribution in [3.05, 3.63) is 47.8 Å². The van der Waals surface area contributed by atoms with Gasteiger partial charge in [-0.3, -0.25) is 9.89 Å². The van der Waals surface area contributed by atoms with Gasteiger partial charge in [0.25, 0.3) is 5.91 Å². The van der Waals surface area contributed by atoms with Crippen molar-refractivity contribution < 1.29 is 22.7 Å². The van der Waals surface area contributed by atoms with E-state index in [1.54, 1.807) is 0 Å². The smallest absolute Gasteiger partial charge is 0.416 e. The molecular weight excluding hydrogens is 287 g/mol. The molecule has 2 rings (SSSR count). The maximum Gasteiger partial charge on any atom is 0.416 e. The van der Waals surface area contributed by atoms with Crippen LogP contribution in [0.1, 0.15) is 16.1 Å². The molecule has 21 heavy (non-hydrogen) atoms. The Hall–Kier alpha value is -2.51. The van der Waals surface area contributed by atoms with Gasteiger partial charge in [0, 0.05) is 6.20 Å². The predicted octanol–water partition coefficient (Wildman–Crippen LogP) is 2.24. The Morgan fingerprint density at radius 1 is 1.33 bits per heavy atom. The van der Waals surface area contributed by atoms with E-state index >= 15 is 0 Å². The molecule has 0 aliphatic heterocycles. The number of carbonyl (C=O) groups excluding carboxylic acids is 1. The van der Waals surface area contributed by atoms with Crippen LogP contribution in [-0.4, -0.2) is 29.3 Å². The van der Waals surface area contributed by atoms with Gasteiger partial charge in [-0.05, 0) is 24.3 Å². The third kappa shape index (κ3) is 4.23. The highest BCUT2D eigenvalue weighted by atomic mass is 19.4. The molecule has 0 saturated carbocycles. The van der Waals surface area contributed by atoms with E-state index in [1.807, 2.05) is 0 Å². The van der Waals surface area contributed by atoms with E-state index in [9.17, 15) is 18.0 Å². The highest BCUT2D eigenvalue weighted by molar-refractivity contribution is 5.92. The quantitative estimate of drug-likeness (QED) is 0.832. The number of carbonyl (C=O) groups is 1. The summed E-state index contributed by atoms with van der Waals surface area (Å²) in [6.07, 6.45) is -2.97. The molecule has 1 heterocycles. The van der Waals surface area contributed by atoms with Crippen LogP contribution in [0, 0.1) is 0 Å². The first-order valence-electron chi connectivity index (χ1n) is 6.04. The van der Waals surface area contributed by atoms with Crippen molar-refractivity contribution >= 4 is 5.91 Å². The van der Waals surface area contributed by atoms with Gasteiger partial charge in [-0.2, -0.15) is 18.3 Å². The van der Waals surface area contributed by atoms with Gasteiger partial charge >= 0.3 is 6.18 Å². The fourth-order valence-electron chi connectivity index (χ4n) is 1.57. The van der Waals surface area contributed by atoms with E-state index in [-0.39, 0.29) is 24.8 Å². The van der Waals surface area contributed by atoms with Crippen molar-refractivity contribution in [3.8, 4) is 5.75 Å². The van der Waals surface area contributed by atoms with Crippen molar-refractivity contribution in [2.24, 2.45) is 0 Å². The SMILES string of the molecule is O=C(NCCOc1cccc(C(F)(F)F)c1)c1ccn[nH]1. The molecule has 8 heteroatoms. The number of nitrogens with zero attached hydrogens (tertiary/aromatic N) is 1. The fraction of sp³-hybridized carbons (Fsp3) is 0.231. The number of ether oxygens (including phenoxy) is 1. The number of aromatic amines is 1. The number of H-pyrrole nitrogens is 1. The molecule has 0 bridgehead atoms. The first kappa shape index (κ1) is 14.9. The number of benzene rings is 1. The standard InChI is InChI=1S/C13H12F3N3O2/c14-13(15,16)9-2-1-3-10(8-9)21-7-6-17-12(20)11-4-5-18-19-11/h1-5,8H,6-7H2,(H,17,20)(H,18,19). The summed E-state index contributed by atoms with van der Waals surface area (Å²) in [7, 11) is 0. The lowest BCUT2D eigenvalue weighted by molar-refractivity contribution is -0.137. The van der Waals surface area contributed by atoms with Crippen molar-refractivity contribution in [2.45, 2.75) is 6.18 Å². The molecule has 0 atom stereocenters. The molecule has 1 aromatic carbocycles. The molecule has 0 saturated heterocycles. The van der Waals surface area contributed by atoms with Gasteiger partial charge in [-0.1, -0.05) is 6.07 Å². The molecule has 2 aromatic rings. The lowest BCUT2D eigenvalue weighted by Gasteiger charge is -2.10. The fourth-order valence-corrected chi connectivity index (χ4v) is 1.57. The maximum absolute atomic E-state index is 12.5. The van der Waals surface area contributed by atoms with Gasteiger partial charge < -0.3 is 10.1 Å². The summed E-state index contributed by atoms with van der Waals surface area (Å²) >= 11 is 0. The molecule has 5 nitrogen and oxygen atoms in total. The van der Waals surface area contributed by atoms with Crippen LogP contribution in [-0.2, 0) is 6.18 Å². The number of alkyl halides is 3. The van der Waals surface area contributed by atoms with Gasteiger partial charge in [0.05, 0.1) is 12.1 Å². The monoisotopic (exact) mass is 299 g/mol. The summed E-state index contributed by atoms with van der Waals surface area (Å²) < 4.78 is 42.7. The molecule has 0 aliphatic rings. The van der Waals surface area contributed by atoms with Gasteiger partial charge in [0.1, 0.15) is 18.1 Å². The minimum Gasteiger partial charge on any atom is -0.492 e. The Bertz CT molecular complexity index is 597. The molecule has 112 valence electrons. The van der Waals surface area contributed by atoms with Crippen molar-refractivity contribution in [3.63, 3.8) is 0 Å². The first-order valence-corrected chi connectivity index (χ1v) is 6.04. The average molecular weight is 299 g/mol. The second-order valence-corrected chi connectivity index (χ2v) is 4.10. The zero-order chi connectivity index (χ0) is 15.3. The molecular formula is C13H12F3N3O2. The van der Waals surface area contributed by atoms with Crippen LogP contribution in [0.3, 0.4) is 0 Å². The van der Waals surface area contributed by atoms with Crippen molar-refractivity contribution in [1.82, 2.24) is 15.5 Å². The van der Waals surface area contributed by atoms with Gasteiger partial charge in [-0.25, -0.2) is 0 Å². The minimum atomic E-state index is -4.41. The number of rotatable bonds is 5. The van der Waals surface area contributed by atoms with Crippen molar-refractivity contribution in [2.75, 3.05) is 13.2 Å². The number of amides is 1. The Kier molecular flexibility index (Phi) is 4.46. The number of nitrogens with one attached hydrogen (secondary N) is 2. The van der Waals surface area contributed by atoms with E-state index in [0.717, 1.165) is 12.1 Å². The number of hydrogen-bond acceptors (Lipinski definition) is 3. The van der Waals surface area contributed by atoms with Crippen LogP contribution in [0.2, 0.25) is 0 Å². The maximum atomic E-state index is 12.5. The molecule has 1 aromatic heterocycles. The van der Waals surface area contributed by atoms with Crippen LogP contribution in [0.4, 0.5) is 13.2 Å². The number of aromatic nitrogens is 2. The molecule has 0 radical (unpaired) electrons. The summed E-state index contributed by atoms with van der Waals surface area (Å²) in [6.45, 7) is 0.218. The van der Waals surface area contributed by atoms with Crippen LogP contribution < -0.4 is 10.1 Å². The zero-order valence-corrected chi connectivity index (χ0v) is 10.8. The molecule has 0 aliphatic carbocycles. The van der Waals surface area contributed by atoms with Crippen LogP contribution in [0.15, 0.2) is 36.5 Å². The van der Waals surface area contributed by atoms with Crippen LogP contribution in [0.25, 0.3) is 0 Å². The number of halogens is 3. The second kappa shape index (κ2) is 6.29. The lowest BCUT2D eigenvalue weighted by Crippen LogP contribution is -2.28.